The third-order valence-electron chi connectivity index (χ3n) is 2.03. The van der Waals surface area contributed by atoms with Gasteiger partial charge >= 0.3 is 0 Å². The maximum absolute atomic E-state index is 13.4. The van der Waals surface area contributed by atoms with Crippen LogP contribution in [0.5, 0.6) is 0 Å². The highest BCUT2D eigenvalue weighted by Gasteiger charge is 2.17. The molecule has 78 valence electrons. The quantitative estimate of drug-likeness (QED) is 0.571. The van der Waals surface area contributed by atoms with E-state index in [4.69, 9.17) is 5.73 Å². The normalized spacial score (nSPS) is 10.6. The minimum absolute atomic E-state index is 0.150. The van der Waals surface area contributed by atoms with Crippen LogP contribution in [0, 0.1) is 17.5 Å². The van der Waals surface area contributed by atoms with E-state index in [1.807, 2.05) is 0 Å². The molecule has 0 saturated heterocycles. The lowest BCUT2D eigenvalue weighted by Crippen LogP contribution is -2.05. The van der Waals surface area contributed by atoms with Crippen molar-refractivity contribution in [3.05, 3.63) is 48.0 Å². The fourth-order valence-corrected chi connectivity index (χ4v) is 1.35. The lowest BCUT2D eigenvalue weighted by atomic mass is 10.2. The molecule has 2 N–H and O–H groups in total. The van der Waals surface area contributed by atoms with Crippen molar-refractivity contribution in [2.24, 2.45) is 0 Å². The molecule has 1 aromatic carbocycles. The van der Waals surface area contributed by atoms with Crippen molar-refractivity contribution in [2.45, 2.75) is 0 Å². The number of nitrogens with two attached hydrogens (primary N) is 1. The van der Waals surface area contributed by atoms with E-state index in [9.17, 15) is 13.2 Å². The predicted octanol–water partition coefficient (Wildman–Crippen LogP) is 2.48. The molecule has 0 amide bonds. The molecule has 1 aromatic heterocycles. The first-order chi connectivity index (χ1) is 7.11. The van der Waals surface area contributed by atoms with E-state index < -0.39 is 17.5 Å². The first-order valence-electron chi connectivity index (χ1n) is 4.17. The van der Waals surface area contributed by atoms with Crippen molar-refractivity contribution in [3.8, 4) is 5.69 Å². The predicted molar refractivity (Wildman–Crippen MR) is 50.1 cm³/mol. The van der Waals surface area contributed by atoms with Crippen LogP contribution in [-0.2, 0) is 0 Å². The summed E-state index contributed by atoms with van der Waals surface area (Å²) in [6.07, 6.45) is 2.98. The molecule has 0 fully saturated rings. The molecule has 0 atom stereocenters. The molecule has 0 aliphatic rings. The Bertz CT molecular complexity index is 492. The minimum atomic E-state index is -1.52. The van der Waals surface area contributed by atoms with Crippen molar-refractivity contribution < 1.29 is 13.2 Å². The van der Waals surface area contributed by atoms with Gasteiger partial charge < -0.3 is 10.3 Å². The van der Waals surface area contributed by atoms with Crippen molar-refractivity contribution in [3.63, 3.8) is 0 Å². The molecule has 2 rings (SSSR count). The first kappa shape index (κ1) is 9.64. The highest BCUT2D eigenvalue weighted by atomic mass is 19.2. The van der Waals surface area contributed by atoms with E-state index >= 15 is 0 Å². The molecular weight excluding hydrogens is 205 g/mol. The number of rotatable bonds is 1. The molecule has 2 nitrogen and oxygen atoms in total. The zero-order valence-corrected chi connectivity index (χ0v) is 7.55. The number of nitrogens with zero attached hydrogens (tertiary/aromatic N) is 1. The molecule has 0 aliphatic carbocycles. The summed E-state index contributed by atoms with van der Waals surface area (Å²) in [7, 11) is 0. The average molecular weight is 212 g/mol. The highest BCUT2D eigenvalue weighted by Crippen LogP contribution is 2.25. The van der Waals surface area contributed by atoms with Gasteiger partial charge in [0.2, 0.25) is 0 Å². The highest BCUT2D eigenvalue weighted by molar-refractivity contribution is 5.59. The van der Waals surface area contributed by atoms with Gasteiger partial charge in [-0.3, -0.25) is 0 Å². The molecule has 2 aromatic rings. The number of aromatic nitrogens is 1. The van der Waals surface area contributed by atoms with Crippen molar-refractivity contribution >= 4 is 5.69 Å². The van der Waals surface area contributed by atoms with Crippen LogP contribution in [0.1, 0.15) is 0 Å². The molecule has 0 saturated carbocycles. The lowest BCUT2D eigenvalue weighted by Gasteiger charge is -2.09. The Morgan fingerprint density at radius 3 is 2.20 bits per heavy atom. The van der Waals surface area contributed by atoms with Crippen LogP contribution in [0.15, 0.2) is 30.6 Å². The number of hydrogen-bond acceptors (Lipinski definition) is 1. The molecule has 0 spiro atoms. The zero-order chi connectivity index (χ0) is 11.0. The molecule has 1 heterocycles. The Morgan fingerprint density at radius 2 is 1.60 bits per heavy atom. The smallest absolute Gasteiger partial charge is 0.196 e. The Kier molecular flexibility index (Phi) is 2.15. The summed E-state index contributed by atoms with van der Waals surface area (Å²) >= 11 is 0. The van der Waals surface area contributed by atoms with E-state index in [0.717, 1.165) is 6.07 Å². The molecule has 5 heteroatoms. The molecule has 15 heavy (non-hydrogen) atoms. The van der Waals surface area contributed by atoms with Gasteiger partial charge in [-0.1, -0.05) is 0 Å². The van der Waals surface area contributed by atoms with Crippen molar-refractivity contribution in [1.29, 1.82) is 0 Å². The van der Waals surface area contributed by atoms with Crippen LogP contribution in [0.2, 0.25) is 0 Å². The zero-order valence-electron chi connectivity index (χ0n) is 7.55. The van der Waals surface area contributed by atoms with Crippen LogP contribution >= 0.6 is 0 Å². The average Bonchev–Trinajstić information content (AvgIpc) is 2.68. The molecule has 0 bridgehead atoms. The van der Waals surface area contributed by atoms with E-state index in [1.165, 1.54) is 17.0 Å². The Labute approximate surface area is 83.7 Å². The Hall–Kier alpha value is -1.91. The van der Waals surface area contributed by atoms with Crippen molar-refractivity contribution in [1.82, 2.24) is 4.57 Å². The molecule has 0 radical (unpaired) electrons. The van der Waals surface area contributed by atoms with Gasteiger partial charge in [-0.15, -0.1) is 0 Å². The van der Waals surface area contributed by atoms with Crippen LogP contribution in [0.4, 0.5) is 18.9 Å². The second kappa shape index (κ2) is 3.34. The summed E-state index contributed by atoms with van der Waals surface area (Å²) in [6.45, 7) is 0. The van der Waals surface area contributed by atoms with Gasteiger partial charge in [0.1, 0.15) is 5.69 Å². The van der Waals surface area contributed by atoms with Gasteiger partial charge in [0.25, 0.3) is 0 Å². The monoisotopic (exact) mass is 212 g/mol. The number of nitrogen functional groups attached to an aromatic ring is 1. The van der Waals surface area contributed by atoms with Crippen LogP contribution < -0.4 is 5.73 Å². The van der Waals surface area contributed by atoms with Crippen LogP contribution in [-0.4, -0.2) is 4.57 Å². The third-order valence-corrected chi connectivity index (χ3v) is 2.03. The van der Waals surface area contributed by atoms with E-state index in [-0.39, 0.29) is 11.4 Å². The fraction of sp³-hybridized carbons (Fsp3) is 0. The van der Waals surface area contributed by atoms with Crippen molar-refractivity contribution in [2.75, 3.05) is 5.73 Å². The molecule has 0 unspecified atom stereocenters. The second-order valence-corrected chi connectivity index (χ2v) is 3.01. The van der Waals surface area contributed by atoms with Crippen LogP contribution in [0.3, 0.4) is 0 Å². The van der Waals surface area contributed by atoms with E-state index in [0.29, 0.717) is 0 Å². The third kappa shape index (κ3) is 1.45. The summed E-state index contributed by atoms with van der Waals surface area (Å²) < 4.78 is 40.4. The second-order valence-electron chi connectivity index (χ2n) is 3.01. The van der Waals surface area contributed by atoms with Gasteiger partial charge in [0.05, 0.1) is 5.69 Å². The summed E-state index contributed by atoms with van der Waals surface area (Å²) in [6, 6.07) is 4.01. The first-order valence-corrected chi connectivity index (χ1v) is 4.17. The number of hydrogen-bond donors (Lipinski definition) is 1. The van der Waals surface area contributed by atoms with Gasteiger partial charge in [0.15, 0.2) is 17.5 Å². The van der Waals surface area contributed by atoms with Gasteiger partial charge in [-0.2, -0.15) is 0 Å². The standard InChI is InChI=1S/C10H7F3N2/c11-6-5-7(14)10(9(13)8(6)12)15-3-1-2-4-15/h1-5H,14H2. The van der Waals surface area contributed by atoms with Gasteiger partial charge in [-0.25, -0.2) is 13.2 Å². The summed E-state index contributed by atoms with van der Waals surface area (Å²) in [5.74, 6) is -4.10. The Balaban J connectivity index is 2.72. The van der Waals surface area contributed by atoms with Crippen LogP contribution in [0.25, 0.3) is 5.69 Å². The lowest BCUT2D eigenvalue weighted by molar-refractivity contribution is 0.445. The molecular formula is C10H7F3N2. The summed E-state index contributed by atoms with van der Waals surface area (Å²) in [5.41, 5.74) is 5.08. The number of benzene rings is 1. The topological polar surface area (TPSA) is 30.9 Å². The maximum Gasteiger partial charge on any atom is 0.196 e. The number of anilines is 1. The number of halogens is 3. The van der Waals surface area contributed by atoms with E-state index in [1.54, 1.807) is 12.1 Å². The largest absolute Gasteiger partial charge is 0.397 e. The minimum Gasteiger partial charge on any atom is -0.397 e. The van der Waals surface area contributed by atoms with Gasteiger partial charge in [0, 0.05) is 18.5 Å². The summed E-state index contributed by atoms with van der Waals surface area (Å²) in [5, 5.41) is 0. The SMILES string of the molecule is Nc1cc(F)c(F)c(F)c1-n1cccc1. The molecule has 0 aliphatic heterocycles. The summed E-state index contributed by atoms with van der Waals surface area (Å²) in [4.78, 5) is 0. The van der Waals surface area contributed by atoms with E-state index in [2.05, 4.69) is 0 Å². The fourth-order valence-electron chi connectivity index (χ4n) is 1.35. The Morgan fingerprint density at radius 1 is 1.00 bits per heavy atom. The maximum atomic E-state index is 13.4. The van der Waals surface area contributed by atoms with Gasteiger partial charge in [-0.05, 0) is 12.1 Å².